The molecule has 0 spiro atoms. The number of hydrogen-bond acceptors (Lipinski definition) is 5. The van der Waals surface area contributed by atoms with E-state index in [-0.39, 0.29) is 30.6 Å². The number of anilines is 1. The number of aryl methyl sites for hydroxylation is 1. The minimum absolute atomic E-state index is 0.0810. The summed E-state index contributed by atoms with van der Waals surface area (Å²) in [6.07, 6.45) is 0.227. The van der Waals surface area contributed by atoms with Gasteiger partial charge in [0, 0.05) is 30.6 Å². The van der Waals surface area contributed by atoms with Crippen molar-refractivity contribution < 1.29 is 18.8 Å². The molecule has 0 unspecified atom stereocenters. The van der Waals surface area contributed by atoms with Crippen molar-refractivity contribution in [2.24, 2.45) is 0 Å². The average molecular weight is 330 g/mol. The fourth-order valence-corrected chi connectivity index (χ4v) is 2.51. The molecule has 0 aliphatic heterocycles. The third kappa shape index (κ3) is 4.01. The molecule has 0 fully saturated rings. The first-order valence-corrected chi connectivity index (χ1v) is 7.75. The number of ether oxygens (including phenoxy) is 1. The molecule has 1 amide bonds. The van der Waals surface area contributed by atoms with Crippen LogP contribution in [-0.4, -0.2) is 31.2 Å². The third-order valence-electron chi connectivity index (χ3n) is 4.16. The number of hydrogen-bond donors (Lipinski definition) is 0. The van der Waals surface area contributed by atoms with Crippen LogP contribution in [0.15, 0.2) is 34.9 Å². The number of aromatic nitrogens is 1. The number of benzene rings is 1. The Morgan fingerprint density at radius 3 is 2.42 bits per heavy atom. The van der Waals surface area contributed by atoms with Gasteiger partial charge in [-0.15, -0.1) is 0 Å². The molecule has 6 nitrogen and oxygen atoms in total. The summed E-state index contributed by atoms with van der Waals surface area (Å²) in [5.74, 6) is -0.178. The van der Waals surface area contributed by atoms with Crippen molar-refractivity contribution in [2.45, 2.75) is 32.6 Å². The highest BCUT2D eigenvalue weighted by atomic mass is 16.5. The molecule has 0 saturated heterocycles. The summed E-state index contributed by atoms with van der Waals surface area (Å²) in [7, 11) is 3.05. The van der Waals surface area contributed by atoms with Gasteiger partial charge in [-0.2, -0.15) is 0 Å². The van der Waals surface area contributed by atoms with E-state index in [1.807, 2.05) is 37.3 Å². The van der Waals surface area contributed by atoms with E-state index in [2.05, 4.69) is 5.16 Å². The Bertz CT molecular complexity index is 709. The van der Waals surface area contributed by atoms with Gasteiger partial charge in [0.15, 0.2) is 0 Å². The minimum atomic E-state index is -0.381. The summed E-state index contributed by atoms with van der Waals surface area (Å²) in [4.78, 5) is 25.9. The Labute approximate surface area is 141 Å². The predicted molar refractivity (Wildman–Crippen MR) is 89.8 cm³/mol. The highest BCUT2D eigenvalue weighted by molar-refractivity contribution is 5.93. The normalized spacial score (nSPS) is 11.8. The first-order chi connectivity index (χ1) is 11.4. The van der Waals surface area contributed by atoms with Gasteiger partial charge in [0.1, 0.15) is 5.76 Å². The number of carbonyl (C=O) groups is 2. The minimum Gasteiger partial charge on any atom is -0.469 e. The molecule has 2 rings (SSSR count). The van der Waals surface area contributed by atoms with E-state index in [1.54, 1.807) is 18.9 Å². The van der Waals surface area contributed by atoms with E-state index < -0.39 is 0 Å². The number of para-hydroxylation sites is 1. The fourth-order valence-electron chi connectivity index (χ4n) is 2.51. The van der Waals surface area contributed by atoms with Gasteiger partial charge in [-0.3, -0.25) is 9.59 Å². The number of rotatable bonds is 6. The molecular weight excluding hydrogens is 308 g/mol. The SMILES string of the molecule is COC(=O)C[C@@H](CC(=O)N(C)c1ccccc1)c1noc(C)c1C. The van der Waals surface area contributed by atoms with E-state index >= 15 is 0 Å². The van der Waals surface area contributed by atoms with E-state index in [4.69, 9.17) is 9.26 Å². The average Bonchev–Trinajstić information content (AvgIpc) is 2.93. The molecule has 1 aromatic carbocycles. The van der Waals surface area contributed by atoms with Gasteiger partial charge < -0.3 is 14.2 Å². The number of esters is 1. The molecule has 0 N–H and O–H groups in total. The standard InChI is InChI=1S/C18H22N2O4/c1-12-13(2)24-19-18(12)14(11-17(22)23-4)10-16(21)20(3)15-8-6-5-7-9-15/h5-9,14H,10-11H2,1-4H3/t14-/m1/s1. The topological polar surface area (TPSA) is 72.6 Å². The molecule has 1 atom stereocenters. The van der Waals surface area contributed by atoms with Crippen molar-refractivity contribution in [1.82, 2.24) is 5.16 Å². The van der Waals surface area contributed by atoms with Gasteiger partial charge >= 0.3 is 5.97 Å². The molecule has 6 heteroatoms. The van der Waals surface area contributed by atoms with Gasteiger partial charge in [0.05, 0.1) is 19.2 Å². The Morgan fingerprint density at radius 1 is 1.21 bits per heavy atom. The first kappa shape index (κ1) is 17.7. The van der Waals surface area contributed by atoms with Crippen LogP contribution in [0.5, 0.6) is 0 Å². The van der Waals surface area contributed by atoms with E-state index in [0.29, 0.717) is 11.5 Å². The van der Waals surface area contributed by atoms with Crippen LogP contribution in [0.4, 0.5) is 5.69 Å². The van der Waals surface area contributed by atoms with Gasteiger partial charge in [-0.05, 0) is 26.0 Å². The second-order valence-electron chi connectivity index (χ2n) is 5.72. The summed E-state index contributed by atoms with van der Waals surface area (Å²) in [6.45, 7) is 3.68. The first-order valence-electron chi connectivity index (χ1n) is 7.75. The molecule has 0 radical (unpaired) electrons. The molecule has 0 bridgehead atoms. The van der Waals surface area contributed by atoms with Crippen LogP contribution in [0.1, 0.15) is 35.8 Å². The number of amides is 1. The van der Waals surface area contributed by atoms with Crippen molar-refractivity contribution in [3.05, 3.63) is 47.3 Å². The predicted octanol–water partition coefficient (Wildman–Crippen LogP) is 2.99. The zero-order valence-electron chi connectivity index (χ0n) is 14.4. The quantitative estimate of drug-likeness (QED) is 0.761. The maximum absolute atomic E-state index is 12.6. The van der Waals surface area contributed by atoms with Crippen LogP contribution in [-0.2, 0) is 14.3 Å². The fraction of sp³-hybridized carbons (Fsp3) is 0.389. The Balaban J connectivity index is 2.20. The summed E-state index contributed by atoms with van der Waals surface area (Å²) in [5, 5.41) is 4.03. The molecule has 0 aliphatic rings. The Hall–Kier alpha value is -2.63. The molecule has 1 aromatic heterocycles. The number of carbonyl (C=O) groups excluding carboxylic acids is 2. The monoisotopic (exact) mass is 330 g/mol. The van der Waals surface area contributed by atoms with Crippen molar-refractivity contribution in [1.29, 1.82) is 0 Å². The molecule has 128 valence electrons. The van der Waals surface area contributed by atoms with Crippen LogP contribution in [0, 0.1) is 13.8 Å². The zero-order valence-corrected chi connectivity index (χ0v) is 14.4. The summed E-state index contributed by atoms with van der Waals surface area (Å²) in [5.41, 5.74) is 2.29. The van der Waals surface area contributed by atoms with Crippen LogP contribution in [0.2, 0.25) is 0 Å². The third-order valence-corrected chi connectivity index (χ3v) is 4.16. The van der Waals surface area contributed by atoms with Crippen LogP contribution >= 0.6 is 0 Å². The molecule has 1 heterocycles. The van der Waals surface area contributed by atoms with Gasteiger partial charge in [0.25, 0.3) is 0 Å². The maximum Gasteiger partial charge on any atom is 0.306 e. The lowest BCUT2D eigenvalue weighted by Gasteiger charge is -2.20. The molecule has 2 aromatic rings. The van der Waals surface area contributed by atoms with Crippen molar-refractivity contribution in [2.75, 3.05) is 19.1 Å². The highest BCUT2D eigenvalue weighted by Crippen LogP contribution is 2.29. The van der Waals surface area contributed by atoms with Crippen LogP contribution in [0.25, 0.3) is 0 Å². The maximum atomic E-state index is 12.6. The second kappa shape index (κ2) is 7.77. The lowest BCUT2D eigenvalue weighted by atomic mass is 9.93. The molecule has 24 heavy (non-hydrogen) atoms. The van der Waals surface area contributed by atoms with Crippen LogP contribution < -0.4 is 4.90 Å². The van der Waals surface area contributed by atoms with Crippen molar-refractivity contribution >= 4 is 17.6 Å². The lowest BCUT2D eigenvalue weighted by Crippen LogP contribution is -2.28. The number of methoxy groups -OCH3 is 1. The summed E-state index contributed by atoms with van der Waals surface area (Å²) >= 11 is 0. The second-order valence-corrected chi connectivity index (χ2v) is 5.72. The van der Waals surface area contributed by atoms with E-state index in [1.165, 1.54) is 7.11 Å². The molecule has 0 saturated carbocycles. The largest absolute Gasteiger partial charge is 0.469 e. The van der Waals surface area contributed by atoms with E-state index in [0.717, 1.165) is 11.3 Å². The summed E-state index contributed by atoms with van der Waals surface area (Å²) < 4.78 is 9.94. The summed E-state index contributed by atoms with van der Waals surface area (Å²) in [6, 6.07) is 9.35. The highest BCUT2D eigenvalue weighted by Gasteiger charge is 2.27. The van der Waals surface area contributed by atoms with E-state index in [9.17, 15) is 9.59 Å². The lowest BCUT2D eigenvalue weighted by molar-refractivity contribution is -0.141. The molecule has 0 aliphatic carbocycles. The van der Waals surface area contributed by atoms with Gasteiger partial charge in [-0.1, -0.05) is 23.4 Å². The number of nitrogens with zero attached hydrogens (tertiary/aromatic N) is 2. The Morgan fingerprint density at radius 2 is 1.88 bits per heavy atom. The zero-order chi connectivity index (χ0) is 17.7. The van der Waals surface area contributed by atoms with Crippen molar-refractivity contribution in [3.8, 4) is 0 Å². The van der Waals surface area contributed by atoms with Crippen LogP contribution in [0.3, 0.4) is 0 Å². The Kier molecular flexibility index (Phi) is 5.73. The van der Waals surface area contributed by atoms with Gasteiger partial charge in [0.2, 0.25) is 5.91 Å². The smallest absolute Gasteiger partial charge is 0.306 e. The molecular formula is C18H22N2O4. The van der Waals surface area contributed by atoms with Gasteiger partial charge in [-0.25, -0.2) is 0 Å². The van der Waals surface area contributed by atoms with Crippen molar-refractivity contribution in [3.63, 3.8) is 0 Å².